The fourth-order valence-corrected chi connectivity index (χ4v) is 2.81. The van der Waals surface area contributed by atoms with Gasteiger partial charge in [-0.3, -0.25) is 4.79 Å². The van der Waals surface area contributed by atoms with Crippen molar-refractivity contribution in [1.82, 2.24) is 4.57 Å². The predicted molar refractivity (Wildman–Crippen MR) is 85.5 cm³/mol. The van der Waals surface area contributed by atoms with E-state index < -0.39 is 0 Å². The Labute approximate surface area is 130 Å². The molecular weight excluding hydrogens is 338 g/mol. The molecule has 0 atom stereocenters. The molecule has 3 rings (SSSR count). The lowest BCUT2D eigenvalue weighted by atomic mass is 10.0. The molecule has 0 radical (unpaired) electrons. The molecule has 0 aliphatic rings. The molecule has 0 spiro atoms. The highest BCUT2D eigenvalue weighted by molar-refractivity contribution is 9.10. The van der Waals surface area contributed by atoms with E-state index in [0.29, 0.717) is 16.1 Å². The smallest absolute Gasteiger partial charge is 0.195 e. The molecule has 0 amide bonds. The summed E-state index contributed by atoms with van der Waals surface area (Å²) < 4.78 is 2.69. The van der Waals surface area contributed by atoms with E-state index in [1.807, 2.05) is 42.1 Å². The molecule has 2 aromatic carbocycles. The Morgan fingerprint density at radius 2 is 1.95 bits per heavy atom. The maximum atomic E-state index is 12.7. The van der Waals surface area contributed by atoms with Crippen LogP contribution >= 0.6 is 27.5 Å². The molecule has 4 heteroatoms. The molecule has 0 aliphatic carbocycles. The van der Waals surface area contributed by atoms with Crippen LogP contribution in [0.5, 0.6) is 0 Å². The average Bonchev–Trinajstić information content (AvgIpc) is 2.79. The van der Waals surface area contributed by atoms with Crippen LogP contribution in [0.25, 0.3) is 10.9 Å². The first-order valence-corrected chi connectivity index (χ1v) is 7.29. The van der Waals surface area contributed by atoms with Crippen LogP contribution in [0.1, 0.15) is 15.9 Å². The number of nitrogens with zero attached hydrogens (tertiary/aromatic N) is 1. The molecule has 0 N–H and O–H groups in total. The third-order valence-corrected chi connectivity index (χ3v) is 4.54. The van der Waals surface area contributed by atoms with Crippen LogP contribution in [-0.4, -0.2) is 10.4 Å². The number of carbonyl (C=O) groups is 1. The fraction of sp³-hybridized carbons (Fsp3) is 0.0625. The number of para-hydroxylation sites is 1. The van der Waals surface area contributed by atoms with Crippen molar-refractivity contribution in [2.24, 2.45) is 7.05 Å². The number of carbonyl (C=O) groups excluding carboxylic acids is 1. The van der Waals surface area contributed by atoms with Gasteiger partial charge in [-0.2, -0.15) is 0 Å². The number of aryl methyl sites for hydroxylation is 1. The molecule has 1 heterocycles. The van der Waals surface area contributed by atoms with E-state index in [2.05, 4.69) is 15.9 Å². The van der Waals surface area contributed by atoms with Gasteiger partial charge in [-0.15, -0.1) is 0 Å². The fourth-order valence-electron chi connectivity index (χ4n) is 2.32. The quantitative estimate of drug-likeness (QED) is 0.608. The van der Waals surface area contributed by atoms with Gasteiger partial charge in [-0.25, -0.2) is 0 Å². The highest BCUT2D eigenvalue weighted by Gasteiger charge is 2.16. The van der Waals surface area contributed by atoms with Crippen LogP contribution in [0.2, 0.25) is 5.02 Å². The number of halogens is 2. The SMILES string of the molecule is Cn1cc(C(=O)c2ccc(Cl)c(Br)c2)c2ccccc21. The Bertz CT molecular complexity index is 822. The van der Waals surface area contributed by atoms with Crippen LogP contribution in [0.3, 0.4) is 0 Å². The summed E-state index contributed by atoms with van der Waals surface area (Å²) in [4.78, 5) is 12.7. The molecular formula is C16H11BrClNO. The number of hydrogen-bond acceptors (Lipinski definition) is 1. The van der Waals surface area contributed by atoms with Crippen molar-refractivity contribution in [3.63, 3.8) is 0 Å². The van der Waals surface area contributed by atoms with Crippen molar-refractivity contribution < 1.29 is 4.79 Å². The van der Waals surface area contributed by atoms with Crippen LogP contribution in [0.15, 0.2) is 53.1 Å². The second kappa shape index (κ2) is 5.08. The van der Waals surface area contributed by atoms with Gasteiger partial charge in [-0.1, -0.05) is 29.8 Å². The van der Waals surface area contributed by atoms with Crippen molar-refractivity contribution in [2.75, 3.05) is 0 Å². The molecule has 20 heavy (non-hydrogen) atoms. The highest BCUT2D eigenvalue weighted by Crippen LogP contribution is 2.27. The molecule has 0 saturated heterocycles. The van der Waals surface area contributed by atoms with Crippen molar-refractivity contribution in [1.29, 1.82) is 0 Å². The molecule has 0 saturated carbocycles. The van der Waals surface area contributed by atoms with Gasteiger partial charge in [0.15, 0.2) is 5.78 Å². The summed E-state index contributed by atoms with van der Waals surface area (Å²) in [5, 5.41) is 1.56. The van der Waals surface area contributed by atoms with Crippen molar-refractivity contribution in [3.8, 4) is 0 Å². The second-order valence-electron chi connectivity index (χ2n) is 4.63. The minimum atomic E-state index is -0.000772. The largest absolute Gasteiger partial charge is 0.350 e. The van der Waals surface area contributed by atoms with Crippen LogP contribution in [-0.2, 0) is 7.05 Å². The van der Waals surface area contributed by atoms with Gasteiger partial charge in [0.05, 0.1) is 5.02 Å². The molecule has 2 nitrogen and oxygen atoms in total. The lowest BCUT2D eigenvalue weighted by molar-refractivity contribution is 0.104. The van der Waals surface area contributed by atoms with E-state index in [-0.39, 0.29) is 5.78 Å². The summed E-state index contributed by atoms with van der Waals surface area (Å²) in [5.74, 6) is -0.000772. The predicted octanol–water partition coefficient (Wildman–Crippen LogP) is 4.83. The number of benzene rings is 2. The summed E-state index contributed by atoms with van der Waals surface area (Å²) in [6.07, 6.45) is 1.87. The molecule has 0 fully saturated rings. The minimum Gasteiger partial charge on any atom is -0.350 e. The van der Waals surface area contributed by atoms with Crippen LogP contribution in [0.4, 0.5) is 0 Å². The zero-order chi connectivity index (χ0) is 14.3. The van der Waals surface area contributed by atoms with E-state index in [4.69, 9.17) is 11.6 Å². The Balaban J connectivity index is 2.15. The molecule has 0 aliphatic heterocycles. The lowest BCUT2D eigenvalue weighted by Gasteiger charge is -2.02. The Hall–Kier alpha value is -1.58. The summed E-state index contributed by atoms with van der Waals surface area (Å²) in [5.41, 5.74) is 2.37. The lowest BCUT2D eigenvalue weighted by Crippen LogP contribution is -2.00. The maximum Gasteiger partial charge on any atom is 0.195 e. The van der Waals surface area contributed by atoms with Crippen molar-refractivity contribution >= 4 is 44.2 Å². The summed E-state index contributed by atoms with van der Waals surface area (Å²) in [6, 6.07) is 13.1. The van der Waals surface area contributed by atoms with Crippen molar-refractivity contribution in [3.05, 3.63) is 69.3 Å². The molecule has 0 unspecified atom stereocenters. The number of hydrogen-bond donors (Lipinski definition) is 0. The van der Waals surface area contributed by atoms with Gasteiger partial charge < -0.3 is 4.57 Å². The first-order valence-electron chi connectivity index (χ1n) is 6.12. The molecule has 3 aromatic rings. The first-order chi connectivity index (χ1) is 9.58. The van der Waals surface area contributed by atoms with Gasteiger partial charge in [0, 0.05) is 39.7 Å². The molecule has 100 valence electrons. The summed E-state index contributed by atoms with van der Waals surface area (Å²) in [7, 11) is 1.94. The van der Waals surface area contributed by atoms with Gasteiger partial charge in [-0.05, 0) is 40.2 Å². The normalized spacial score (nSPS) is 10.9. The zero-order valence-corrected chi connectivity index (χ0v) is 13.1. The third-order valence-electron chi connectivity index (χ3n) is 3.32. The summed E-state index contributed by atoms with van der Waals surface area (Å²) in [6.45, 7) is 0. The monoisotopic (exact) mass is 347 g/mol. The minimum absolute atomic E-state index is 0.000772. The van der Waals surface area contributed by atoms with Gasteiger partial charge in [0.1, 0.15) is 0 Å². The van der Waals surface area contributed by atoms with Gasteiger partial charge in [0.2, 0.25) is 0 Å². The molecule has 0 bridgehead atoms. The topological polar surface area (TPSA) is 22.0 Å². The Morgan fingerprint density at radius 3 is 2.70 bits per heavy atom. The number of ketones is 1. The van der Waals surface area contributed by atoms with Crippen LogP contribution < -0.4 is 0 Å². The number of fused-ring (bicyclic) bond motifs is 1. The van der Waals surface area contributed by atoms with E-state index in [1.54, 1.807) is 18.2 Å². The van der Waals surface area contributed by atoms with Crippen LogP contribution in [0, 0.1) is 0 Å². The van der Waals surface area contributed by atoms with Gasteiger partial charge >= 0.3 is 0 Å². The highest BCUT2D eigenvalue weighted by atomic mass is 79.9. The zero-order valence-electron chi connectivity index (χ0n) is 10.7. The average molecular weight is 349 g/mol. The van der Waals surface area contributed by atoms with E-state index in [1.165, 1.54) is 0 Å². The Morgan fingerprint density at radius 1 is 1.20 bits per heavy atom. The maximum absolute atomic E-state index is 12.7. The third kappa shape index (κ3) is 2.17. The van der Waals surface area contributed by atoms with E-state index in [0.717, 1.165) is 15.4 Å². The number of aromatic nitrogens is 1. The first kappa shape index (κ1) is 13.4. The Kier molecular flexibility index (Phi) is 3.40. The van der Waals surface area contributed by atoms with Gasteiger partial charge in [0.25, 0.3) is 0 Å². The molecule has 1 aromatic heterocycles. The van der Waals surface area contributed by atoms with Crippen molar-refractivity contribution in [2.45, 2.75) is 0 Å². The second-order valence-corrected chi connectivity index (χ2v) is 5.89. The van der Waals surface area contributed by atoms with E-state index >= 15 is 0 Å². The summed E-state index contributed by atoms with van der Waals surface area (Å²) >= 11 is 9.32. The standard InChI is InChI=1S/C16H11BrClNO/c1-19-9-12(11-4-2-3-5-15(11)19)16(20)10-6-7-14(18)13(17)8-10/h2-9H,1H3. The van der Waals surface area contributed by atoms with E-state index in [9.17, 15) is 4.79 Å². The number of rotatable bonds is 2.